The lowest BCUT2D eigenvalue weighted by molar-refractivity contribution is -0.136. The molecule has 3 nitrogen and oxygen atoms in total. The van der Waals surface area contributed by atoms with Crippen LogP contribution in [-0.2, 0) is 11.0 Å². The Balaban J connectivity index is 2.51. The maximum Gasteiger partial charge on any atom is 0.418 e. The summed E-state index contributed by atoms with van der Waals surface area (Å²) in [5, 5.41) is 2.46. The molecule has 1 N–H and O–H groups in total. The first kappa shape index (κ1) is 12.6. The Morgan fingerprint density at radius 3 is 2.78 bits per heavy atom. The zero-order valence-corrected chi connectivity index (χ0v) is 9.73. The van der Waals surface area contributed by atoms with Gasteiger partial charge in [-0.3, -0.25) is 10.1 Å². The predicted octanol–water partition coefficient (Wildman–Crippen LogP) is 3.44. The highest BCUT2D eigenvalue weighted by molar-refractivity contribution is 7.22. The summed E-state index contributed by atoms with van der Waals surface area (Å²) < 4.78 is 38.5. The topological polar surface area (TPSA) is 42.0 Å². The maximum atomic E-state index is 12.7. The molecule has 0 radical (unpaired) electrons. The van der Waals surface area contributed by atoms with Crippen molar-refractivity contribution in [3.63, 3.8) is 0 Å². The van der Waals surface area contributed by atoms with Crippen LogP contribution in [0.15, 0.2) is 30.9 Å². The molecule has 1 aromatic heterocycles. The number of aromatic nitrogens is 1. The molecule has 0 aliphatic carbocycles. The number of halogens is 3. The molecule has 94 valence electrons. The highest BCUT2D eigenvalue weighted by Gasteiger charge is 2.33. The van der Waals surface area contributed by atoms with E-state index in [1.165, 1.54) is 12.1 Å². The van der Waals surface area contributed by atoms with Crippen molar-refractivity contribution >= 4 is 32.6 Å². The van der Waals surface area contributed by atoms with Crippen molar-refractivity contribution in [2.75, 3.05) is 5.32 Å². The molecule has 0 spiro atoms. The molecule has 0 fully saturated rings. The number of rotatable bonds is 2. The summed E-state index contributed by atoms with van der Waals surface area (Å²) in [5.41, 5.74) is -0.968. The lowest BCUT2D eigenvalue weighted by Gasteiger charge is -2.05. The van der Waals surface area contributed by atoms with Crippen molar-refractivity contribution in [2.45, 2.75) is 6.18 Å². The van der Waals surface area contributed by atoms with Crippen LogP contribution in [0.2, 0.25) is 0 Å². The van der Waals surface area contributed by atoms with E-state index in [2.05, 4.69) is 16.9 Å². The van der Waals surface area contributed by atoms with E-state index in [-0.39, 0.29) is 10.6 Å². The zero-order valence-electron chi connectivity index (χ0n) is 8.91. The molecule has 0 aliphatic heterocycles. The van der Waals surface area contributed by atoms with Gasteiger partial charge in [0.2, 0.25) is 5.91 Å². The summed E-state index contributed by atoms with van der Waals surface area (Å²) >= 11 is 0.980. The number of thiazole rings is 1. The summed E-state index contributed by atoms with van der Waals surface area (Å²) in [7, 11) is 0. The van der Waals surface area contributed by atoms with E-state index in [9.17, 15) is 18.0 Å². The summed E-state index contributed by atoms with van der Waals surface area (Å²) in [5.74, 6) is -0.511. The highest BCUT2D eigenvalue weighted by atomic mass is 32.1. The fourth-order valence-corrected chi connectivity index (χ4v) is 2.28. The van der Waals surface area contributed by atoms with Crippen LogP contribution >= 0.6 is 11.3 Å². The average molecular weight is 272 g/mol. The van der Waals surface area contributed by atoms with Crippen molar-refractivity contribution in [3.05, 3.63) is 36.4 Å². The second-order valence-corrected chi connectivity index (χ2v) is 4.39. The monoisotopic (exact) mass is 272 g/mol. The van der Waals surface area contributed by atoms with Gasteiger partial charge < -0.3 is 0 Å². The molecule has 1 aromatic carbocycles. The molecule has 0 saturated carbocycles. The third kappa shape index (κ3) is 2.35. The van der Waals surface area contributed by atoms with Gasteiger partial charge in [-0.1, -0.05) is 24.0 Å². The summed E-state index contributed by atoms with van der Waals surface area (Å²) in [6, 6.07) is 3.79. The largest absolute Gasteiger partial charge is 0.418 e. The van der Waals surface area contributed by atoms with Crippen molar-refractivity contribution < 1.29 is 18.0 Å². The van der Waals surface area contributed by atoms with Gasteiger partial charge in [-0.05, 0) is 18.2 Å². The van der Waals surface area contributed by atoms with E-state index in [1.807, 2.05) is 0 Å². The van der Waals surface area contributed by atoms with Crippen LogP contribution in [0, 0.1) is 0 Å². The number of alkyl halides is 3. The highest BCUT2D eigenvalue weighted by Crippen LogP contribution is 2.37. The van der Waals surface area contributed by atoms with Gasteiger partial charge in [-0.25, -0.2) is 4.98 Å². The molecule has 1 heterocycles. The Kier molecular flexibility index (Phi) is 3.08. The molecule has 18 heavy (non-hydrogen) atoms. The molecular formula is C11H7F3N2OS. The first-order chi connectivity index (χ1) is 8.41. The van der Waals surface area contributed by atoms with Crippen molar-refractivity contribution in [1.82, 2.24) is 4.98 Å². The number of anilines is 1. The Morgan fingerprint density at radius 2 is 2.17 bits per heavy atom. The minimum absolute atomic E-state index is 0.117. The molecule has 2 aromatic rings. The molecule has 0 bridgehead atoms. The van der Waals surface area contributed by atoms with E-state index < -0.39 is 17.6 Å². The van der Waals surface area contributed by atoms with Crippen LogP contribution < -0.4 is 5.32 Å². The summed E-state index contributed by atoms with van der Waals surface area (Å²) in [4.78, 5) is 14.8. The van der Waals surface area contributed by atoms with Crippen LogP contribution in [0.4, 0.5) is 18.3 Å². The number of benzene rings is 1. The van der Waals surface area contributed by atoms with Crippen LogP contribution in [0.3, 0.4) is 0 Å². The maximum absolute atomic E-state index is 12.7. The average Bonchev–Trinajstić information content (AvgIpc) is 2.68. The Labute approximate surface area is 104 Å². The van der Waals surface area contributed by atoms with Gasteiger partial charge in [-0.2, -0.15) is 13.2 Å². The Hall–Kier alpha value is -1.89. The number of hydrogen-bond acceptors (Lipinski definition) is 3. The van der Waals surface area contributed by atoms with E-state index >= 15 is 0 Å². The normalized spacial score (nSPS) is 11.5. The smallest absolute Gasteiger partial charge is 0.298 e. The quantitative estimate of drug-likeness (QED) is 0.851. The molecule has 0 aliphatic rings. The van der Waals surface area contributed by atoms with Crippen LogP contribution in [-0.4, -0.2) is 10.9 Å². The fourth-order valence-electron chi connectivity index (χ4n) is 1.39. The fraction of sp³-hybridized carbons (Fsp3) is 0.0909. The van der Waals surface area contributed by atoms with E-state index in [0.29, 0.717) is 4.70 Å². The number of carbonyl (C=O) groups is 1. The third-order valence-corrected chi connectivity index (χ3v) is 3.08. The number of amides is 1. The molecule has 0 unspecified atom stereocenters. The van der Waals surface area contributed by atoms with Gasteiger partial charge in [0.15, 0.2) is 5.13 Å². The van der Waals surface area contributed by atoms with Gasteiger partial charge in [0.1, 0.15) is 0 Å². The Bertz CT molecular complexity index is 618. The van der Waals surface area contributed by atoms with E-state index in [1.54, 1.807) is 0 Å². The zero-order chi connectivity index (χ0) is 13.3. The van der Waals surface area contributed by atoms with Crippen molar-refractivity contribution in [3.8, 4) is 0 Å². The number of nitrogens with one attached hydrogen (secondary N) is 1. The molecule has 2 rings (SSSR count). The van der Waals surface area contributed by atoms with Gasteiger partial charge in [0.25, 0.3) is 0 Å². The first-order valence-corrected chi connectivity index (χ1v) is 5.63. The minimum atomic E-state index is -4.46. The second kappa shape index (κ2) is 4.41. The van der Waals surface area contributed by atoms with Crippen molar-refractivity contribution in [1.29, 1.82) is 0 Å². The first-order valence-electron chi connectivity index (χ1n) is 4.82. The standard InChI is InChI=1S/C11H7F3N2OS/c1-2-8(17)15-10-16-9-6(11(12,13)14)4-3-5-7(9)18-10/h2-5H,1H2,(H,15,16,17). The van der Waals surface area contributed by atoms with Crippen LogP contribution in [0.25, 0.3) is 10.2 Å². The molecule has 1 amide bonds. The Morgan fingerprint density at radius 1 is 1.44 bits per heavy atom. The van der Waals surface area contributed by atoms with Gasteiger partial charge in [-0.15, -0.1) is 0 Å². The second-order valence-electron chi connectivity index (χ2n) is 3.36. The van der Waals surface area contributed by atoms with E-state index in [0.717, 1.165) is 23.5 Å². The van der Waals surface area contributed by atoms with Gasteiger partial charge in [0.05, 0.1) is 15.8 Å². The van der Waals surface area contributed by atoms with Gasteiger partial charge >= 0.3 is 6.18 Å². The SMILES string of the molecule is C=CC(=O)Nc1nc2c(C(F)(F)F)cccc2s1. The summed E-state index contributed by atoms with van der Waals surface area (Å²) in [6.07, 6.45) is -3.44. The number of carbonyl (C=O) groups excluding carboxylic acids is 1. The lowest BCUT2D eigenvalue weighted by Crippen LogP contribution is -2.07. The minimum Gasteiger partial charge on any atom is -0.298 e. The van der Waals surface area contributed by atoms with Crippen molar-refractivity contribution in [2.24, 2.45) is 0 Å². The third-order valence-electron chi connectivity index (χ3n) is 2.14. The van der Waals surface area contributed by atoms with Crippen LogP contribution in [0.5, 0.6) is 0 Å². The summed E-state index contributed by atoms with van der Waals surface area (Å²) in [6.45, 7) is 3.25. The molecule has 0 atom stereocenters. The molecule has 7 heteroatoms. The molecule has 0 saturated heterocycles. The number of fused-ring (bicyclic) bond motifs is 1. The number of nitrogens with zero attached hydrogens (tertiary/aromatic N) is 1. The van der Waals surface area contributed by atoms with E-state index in [4.69, 9.17) is 0 Å². The predicted molar refractivity (Wildman–Crippen MR) is 63.4 cm³/mol. The number of para-hydroxylation sites is 1. The lowest BCUT2D eigenvalue weighted by atomic mass is 10.2. The van der Waals surface area contributed by atoms with Crippen LogP contribution in [0.1, 0.15) is 5.56 Å². The number of hydrogen-bond donors (Lipinski definition) is 1. The van der Waals surface area contributed by atoms with Gasteiger partial charge in [0, 0.05) is 0 Å². The molecular weight excluding hydrogens is 265 g/mol.